The largest absolute Gasteiger partial charge is 0.497 e. The van der Waals surface area contributed by atoms with Gasteiger partial charge in [0.15, 0.2) is 0 Å². The maximum atomic E-state index is 11.2. The molecule has 0 spiro atoms. The summed E-state index contributed by atoms with van der Waals surface area (Å²) in [5.41, 5.74) is 2.23. The Kier molecular flexibility index (Phi) is 3.90. The Morgan fingerprint density at radius 3 is 2.42 bits per heavy atom. The summed E-state index contributed by atoms with van der Waals surface area (Å²) in [5, 5.41) is 9.19. The molecule has 1 heterocycles. The van der Waals surface area contributed by atoms with E-state index in [0.717, 1.165) is 23.4 Å². The highest BCUT2D eigenvalue weighted by Gasteiger charge is 2.14. The fourth-order valence-electron chi connectivity index (χ4n) is 2.13. The van der Waals surface area contributed by atoms with Crippen LogP contribution in [0.15, 0.2) is 36.4 Å². The summed E-state index contributed by atoms with van der Waals surface area (Å²) in [6, 6.07) is 11.1. The Bertz CT molecular complexity index is 570. The number of carbonyl (C=O) groups is 1. The summed E-state index contributed by atoms with van der Waals surface area (Å²) in [4.78, 5) is 11.2. The van der Waals surface area contributed by atoms with Crippen LogP contribution in [0.4, 0.5) is 0 Å². The van der Waals surface area contributed by atoms with Crippen molar-refractivity contribution in [1.29, 1.82) is 0 Å². The molecule has 0 saturated heterocycles. The number of methoxy groups -OCH3 is 1. The molecule has 2 rings (SSSR count). The number of ether oxygens (including phenoxy) is 1. The topological polar surface area (TPSA) is 51.5 Å². The average molecular weight is 259 g/mol. The first kappa shape index (κ1) is 13.2. The number of aromatic carboxylic acids is 1. The molecule has 0 fully saturated rings. The smallest absolute Gasteiger partial charge is 0.352 e. The van der Waals surface area contributed by atoms with Crippen molar-refractivity contribution in [1.82, 2.24) is 4.57 Å². The molecule has 0 aliphatic rings. The lowest BCUT2D eigenvalue weighted by molar-refractivity contribution is 0.0685. The van der Waals surface area contributed by atoms with E-state index in [-0.39, 0.29) is 0 Å². The van der Waals surface area contributed by atoms with Gasteiger partial charge in [-0.25, -0.2) is 4.79 Å². The van der Waals surface area contributed by atoms with Gasteiger partial charge in [-0.2, -0.15) is 0 Å². The second-order valence-corrected chi connectivity index (χ2v) is 4.29. The third-order valence-electron chi connectivity index (χ3n) is 3.03. The minimum atomic E-state index is -0.895. The van der Waals surface area contributed by atoms with E-state index < -0.39 is 5.97 Å². The van der Waals surface area contributed by atoms with Crippen molar-refractivity contribution >= 4 is 5.97 Å². The summed E-state index contributed by atoms with van der Waals surface area (Å²) < 4.78 is 6.96. The summed E-state index contributed by atoms with van der Waals surface area (Å²) in [7, 11) is 1.62. The molecule has 0 saturated carbocycles. The highest BCUT2D eigenvalue weighted by atomic mass is 16.5. The summed E-state index contributed by atoms with van der Waals surface area (Å²) in [5.74, 6) is -0.107. The molecule has 4 heteroatoms. The molecule has 0 aliphatic heterocycles. The predicted molar refractivity (Wildman–Crippen MR) is 73.7 cm³/mol. The number of rotatable bonds is 5. The summed E-state index contributed by atoms with van der Waals surface area (Å²) in [6.45, 7) is 2.72. The minimum absolute atomic E-state index is 0.327. The lowest BCUT2D eigenvalue weighted by Gasteiger charge is -2.11. The van der Waals surface area contributed by atoms with Crippen molar-refractivity contribution in [2.24, 2.45) is 0 Å². The van der Waals surface area contributed by atoms with E-state index in [9.17, 15) is 9.90 Å². The molecule has 0 radical (unpaired) electrons. The van der Waals surface area contributed by atoms with Gasteiger partial charge in [0.1, 0.15) is 11.4 Å². The van der Waals surface area contributed by atoms with Crippen LogP contribution in [-0.2, 0) is 6.54 Å². The zero-order valence-electron chi connectivity index (χ0n) is 11.1. The van der Waals surface area contributed by atoms with Gasteiger partial charge in [-0.15, -0.1) is 0 Å². The Morgan fingerprint density at radius 1 is 1.21 bits per heavy atom. The van der Waals surface area contributed by atoms with Crippen molar-refractivity contribution < 1.29 is 14.6 Å². The van der Waals surface area contributed by atoms with Crippen molar-refractivity contribution in [2.75, 3.05) is 7.11 Å². The van der Waals surface area contributed by atoms with E-state index in [1.807, 2.05) is 41.8 Å². The SMILES string of the molecule is CCCn1c(C(=O)O)ccc1-c1ccc(OC)cc1. The first-order chi connectivity index (χ1) is 9.17. The first-order valence-electron chi connectivity index (χ1n) is 6.24. The number of nitrogens with zero attached hydrogens (tertiary/aromatic N) is 1. The third-order valence-corrected chi connectivity index (χ3v) is 3.03. The first-order valence-corrected chi connectivity index (χ1v) is 6.24. The van der Waals surface area contributed by atoms with E-state index >= 15 is 0 Å². The van der Waals surface area contributed by atoms with Gasteiger partial charge in [-0.3, -0.25) is 0 Å². The number of carboxylic acid groups (broad SMARTS) is 1. The zero-order valence-corrected chi connectivity index (χ0v) is 11.1. The summed E-state index contributed by atoms with van der Waals surface area (Å²) >= 11 is 0. The molecule has 0 atom stereocenters. The van der Waals surface area contributed by atoms with E-state index in [1.54, 1.807) is 13.2 Å². The van der Waals surface area contributed by atoms with Gasteiger partial charge in [0.25, 0.3) is 0 Å². The molecule has 4 nitrogen and oxygen atoms in total. The maximum Gasteiger partial charge on any atom is 0.352 e. The van der Waals surface area contributed by atoms with Crippen LogP contribution in [-0.4, -0.2) is 22.8 Å². The molecule has 1 aromatic carbocycles. The molecule has 0 aliphatic carbocycles. The van der Waals surface area contributed by atoms with E-state index in [0.29, 0.717) is 12.2 Å². The quantitative estimate of drug-likeness (QED) is 0.896. The number of aromatic nitrogens is 1. The van der Waals surface area contributed by atoms with E-state index in [4.69, 9.17) is 4.74 Å². The van der Waals surface area contributed by atoms with Crippen LogP contribution in [0.1, 0.15) is 23.8 Å². The molecule has 0 unspecified atom stereocenters. The highest BCUT2D eigenvalue weighted by Crippen LogP contribution is 2.25. The second kappa shape index (κ2) is 5.61. The molecule has 0 bridgehead atoms. The van der Waals surface area contributed by atoms with Gasteiger partial charge in [0.2, 0.25) is 0 Å². The fraction of sp³-hybridized carbons (Fsp3) is 0.267. The third kappa shape index (κ3) is 2.62. The number of hydrogen-bond donors (Lipinski definition) is 1. The molecule has 1 aromatic heterocycles. The molecule has 1 N–H and O–H groups in total. The molecule has 0 amide bonds. The van der Waals surface area contributed by atoms with Gasteiger partial charge < -0.3 is 14.4 Å². The van der Waals surface area contributed by atoms with Crippen LogP contribution >= 0.6 is 0 Å². The molecule has 19 heavy (non-hydrogen) atoms. The van der Waals surface area contributed by atoms with Crippen LogP contribution in [0.2, 0.25) is 0 Å². The van der Waals surface area contributed by atoms with Crippen LogP contribution in [0, 0.1) is 0 Å². The summed E-state index contributed by atoms with van der Waals surface area (Å²) in [6.07, 6.45) is 0.887. The lowest BCUT2D eigenvalue weighted by Crippen LogP contribution is -2.09. The molecule has 100 valence electrons. The Morgan fingerprint density at radius 2 is 1.89 bits per heavy atom. The van der Waals surface area contributed by atoms with Gasteiger partial charge >= 0.3 is 5.97 Å². The van der Waals surface area contributed by atoms with Crippen molar-refractivity contribution in [3.05, 3.63) is 42.1 Å². The van der Waals surface area contributed by atoms with E-state index in [2.05, 4.69) is 0 Å². The fourth-order valence-corrected chi connectivity index (χ4v) is 2.13. The van der Waals surface area contributed by atoms with Crippen molar-refractivity contribution in [3.8, 4) is 17.0 Å². The minimum Gasteiger partial charge on any atom is -0.497 e. The van der Waals surface area contributed by atoms with Gasteiger partial charge in [-0.05, 0) is 48.4 Å². The Hall–Kier alpha value is -2.23. The van der Waals surface area contributed by atoms with Crippen LogP contribution in [0.25, 0.3) is 11.3 Å². The Labute approximate surface area is 112 Å². The number of hydrogen-bond acceptors (Lipinski definition) is 2. The number of carboxylic acids is 1. The normalized spacial score (nSPS) is 10.4. The van der Waals surface area contributed by atoms with Crippen LogP contribution in [0.5, 0.6) is 5.75 Å². The Balaban J connectivity index is 2.45. The molecular formula is C15H17NO3. The molecular weight excluding hydrogens is 242 g/mol. The molecule has 2 aromatic rings. The van der Waals surface area contributed by atoms with Crippen molar-refractivity contribution in [2.45, 2.75) is 19.9 Å². The maximum absolute atomic E-state index is 11.2. The van der Waals surface area contributed by atoms with Crippen LogP contribution in [0.3, 0.4) is 0 Å². The van der Waals surface area contributed by atoms with E-state index in [1.165, 1.54) is 0 Å². The predicted octanol–water partition coefficient (Wildman–Crippen LogP) is 3.27. The zero-order chi connectivity index (χ0) is 13.8. The monoisotopic (exact) mass is 259 g/mol. The number of benzene rings is 1. The lowest BCUT2D eigenvalue weighted by atomic mass is 10.1. The average Bonchev–Trinajstić information content (AvgIpc) is 2.83. The standard InChI is InChI=1S/C15H17NO3/c1-3-10-16-13(8-9-14(16)15(17)18)11-4-6-12(19-2)7-5-11/h4-9H,3,10H2,1-2H3,(H,17,18). The van der Waals surface area contributed by atoms with Crippen LogP contribution < -0.4 is 4.74 Å². The second-order valence-electron chi connectivity index (χ2n) is 4.29. The van der Waals surface area contributed by atoms with Gasteiger partial charge in [0, 0.05) is 12.2 Å². The van der Waals surface area contributed by atoms with Gasteiger partial charge in [0.05, 0.1) is 7.11 Å². The van der Waals surface area contributed by atoms with Gasteiger partial charge in [-0.1, -0.05) is 6.92 Å². The highest BCUT2D eigenvalue weighted by molar-refractivity contribution is 5.87. The van der Waals surface area contributed by atoms with Crippen molar-refractivity contribution in [3.63, 3.8) is 0 Å².